The molecule has 2 N–H and O–H groups in total. The van der Waals surface area contributed by atoms with Gasteiger partial charge in [0.25, 0.3) is 11.8 Å². The van der Waals surface area contributed by atoms with Crippen LogP contribution < -0.4 is 20.2 Å². The van der Waals surface area contributed by atoms with Gasteiger partial charge in [0.2, 0.25) is 0 Å². The molecule has 0 aliphatic rings. The van der Waals surface area contributed by atoms with Gasteiger partial charge in [0.05, 0.1) is 20.4 Å². The monoisotopic (exact) mass is 401 g/mol. The van der Waals surface area contributed by atoms with E-state index in [1.165, 1.54) is 37.6 Å². The summed E-state index contributed by atoms with van der Waals surface area (Å²) in [6.07, 6.45) is 1.43. The first-order valence-corrected chi connectivity index (χ1v) is 8.97. The molecule has 1 atom stereocenters. The van der Waals surface area contributed by atoms with E-state index in [4.69, 9.17) is 9.47 Å². The second-order valence-electron chi connectivity index (χ2n) is 6.54. The van der Waals surface area contributed by atoms with Crippen LogP contribution in [0.1, 0.15) is 29.8 Å². The summed E-state index contributed by atoms with van der Waals surface area (Å²) in [6.45, 7) is 3.59. The van der Waals surface area contributed by atoms with Crippen molar-refractivity contribution < 1.29 is 23.5 Å². The van der Waals surface area contributed by atoms with Gasteiger partial charge < -0.3 is 14.8 Å². The minimum atomic E-state index is -0.822. The number of ether oxygens (including phenoxy) is 2. The third-order valence-corrected chi connectivity index (χ3v) is 4.16. The third-order valence-electron chi connectivity index (χ3n) is 4.16. The number of nitrogens with one attached hydrogen (secondary N) is 2. The lowest BCUT2D eigenvalue weighted by atomic mass is 10.0. The fourth-order valence-corrected chi connectivity index (χ4v) is 2.54. The molecule has 0 aliphatic carbocycles. The summed E-state index contributed by atoms with van der Waals surface area (Å²) in [4.78, 5) is 24.9. The number of rotatable bonds is 8. The van der Waals surface area contributed by atoms with Crippen molar-refractivity contribution in [1.82, 2.24) is 10.7 Å². The second-order valence-corrected chi connectivity index (χ2v) is 6.54. The molecule has 0 radical (unpaired) electrons. The van der Waals surface area contributed by atoms with E-state index >= 15 is 0 Å². The van der Waals surface area contributed by atoms with Crippen LogP contribution in [0.2, 0.25) is 0 Å². The van der Waals surface area contributed by atoms with Crippen molar-refractivity contribution in [3.63, 3.8) is 0 Å². The molecule has 0 heterocycles. The number of hydrogen-bond donors (Lipinski definition) is 2. The number of carbonyl (C=O) groups is 2. The highest BCUT2D eigenvalue weighted by Gasteiger charge is 2.24. The first-order chi connectivity index (χ1) is 13.8. The highest BCUT2D eigenvalue weighted by atomic mass is 19.1. The summed E-state index contributed by atoms with van der Waals surface area (Å²) >= 11 is 0. The molecule has 2 amide bonds. The third kappa shape index (κ3) is 6.03. The highest BCUT2D eigenvalue weighted by molar-refractivity contribution is 5.97. The van der Waals surface area contributed by atoms with Crippen LogP contribution in [0.15, 0.2) is 47.6 Å². The molecule has 0 aromatic heterocycles. The van der Waals surface area contributed by atoms with Gasteiger partial charge in [0.1, 0.15) is 23.4 Å². The fraction of sp³-hybridized carbons (Fsp3) is 0.286. The highest BCUT2D eigenvalue weighted by Crippen LogP contribution is 2.22. The van der Waals surface area contributed by atoms with Crippen LogP contribution in [0, 0.1) is 11.7 Å². The number of nitrogens with zero attached hydrogens (tertiary/aromatic N) is 1. The van der Waals surface area contributed by atoms with E-state index in [0.29, 0.717) is 17.1 Å². The number of benzene rings is 2. The van der Waals surface area contributed by atoms with Crippen LogP contribution in [-0.4, -0.2) is 38.3 Å². The zero-order valence-corrected chi connectivity index (χ0v) is 16.7. The minimum Gasteiger partial charge on any atom is -0.497 e. The van der Waals surface area contributed by atoms with Gasteiger partial charge in [-0.15, -0.1) is 0 Å². The molecule has 2 rings (SSSR count). The van der Waals surface area contributed by atoms with E-state index in [-0.39, 0.29) is 11.5 Å². The zero-order chi connectivity index (χ0) is 21.4. The molecule has 29 heavy (non-hydrogen) atoms. The summed E-state index contributed by atoms with van der Waals surface area (Å²) in [7, 11) is 3.07. The molecule has 2 aromatic carbocycles. The van der Waals surface area contributed by atoms with Crippen molar-refractivity contribution in [2.24, 2.45) is 11.0 Å². The van der Waals surface area contributed by atoms with Crippen LogP contribution in [0.3, 0.4) is 0 Å². The number of carbonyl (C=O) groups excluding carboxylic acids is 2. The molecule has 0 spiro atoms. The van der Waals surface area contributed by atoms with Gasteiger partial charge in [-0.2, -0.15) is 5.10 Å². The molecule has 154 valence electrons. The standard InChI is InChI=1S/C21H24FN3O4/c1-13(2)19(24-20(26)14-5-7-16(22)8-6-14)21(27)25-23-12-15-11-17(28-3)9-10-18(15)29-4/h5-13,19H,1-4H3,(H,24,26)(H,25,27). The van der Waals surface area contributed by atoms with Gasteiger partial charge in [-0.1, -0.05) is 13.8 Å². The smallest absolute Gasteiger partial charge is 0.262 e. The lowest BCUT2D eigenvalue weighted by Gasteiger charge is -2.20. The van der Waals surface area contributed by atoms with Crippen molar-refractivity contribution in [1.29, 1.82) is 0 Å². The Bertz CT molecular complexity index is 882. The molecule has 0 saturated heterocycles. The number of hydrazone groups is 1. The Kier molecular flexibility index (Phi) is 7.70. The van der Waals surface area contributed by atoms with Crippen molar-refractivity contribution in [2.75, 3.05) is 14.2 Å². The largest absolute Gasteiger partial charge is 0.497 e. The lowest BCUT2D eigenvalue weighted by molar-refractivity contribution is -0.123. The molecule has 0 fully saturated rings. The number of halogens is 1. The molecular weight excluding hydrogens is 377 g/mol. The van der Waals surface area contributed by atoms with Crippen LogP contribution >= 0.6 is 0 Å². The first kappa shape index (κ1) is 21.9. The fourth-order valence-electron chi connectivity index (χ4n) is 2.54. The molecule has 1 unspecified atom stereocenters. The van der Waals surface area contributed by atoms with E-state index in [9.17, 15) is 14.0 Å². The molecule has 0 bridgehead atoms. The predicted octanol–water partition coefficient (Wildman–Crippen LogP) is 2.75. The maximum absolute atomic E-state index is 13.0. The van der Waals surface area contributed by atoms with Crippen molar-refractivity contribution in [3.8, 4) is 11.5 Å². The SMILES string of the molecule is COc1ccc(OC)c(C=NNC(=O)C(NC(=O)c2ccc(F)cc2)C(C)C)c1. The maximum atomic E-state index is 13.0. The average Bonchev–Trinajstić information content (AvgIpc) is 2.71. The maximum Gasteiger partial charge on any atom is 0.262 e. The molecule has 2 aromatic rings. The Hall–Kier alpha value is -3.42. The Labute approximate surface area is 168 Å². The van der Waals surface area contributed by atoms with Gasteiger partial charge in [-0.3, -0.25) is 9.59 Å². The Morgan fingerprint density at radius 3 is 2.34 bits per heavy atom. The van der Waals surface area contributed by atoms with Crippen molar-refractivity contribution in [3.05, 3.63) is 59.4 Å². The van der Waals surface area contributed by atoms with Gasteiger partial charge in [-0.25, -0.2) is 9.82 Å². The molecule has 8 heteroatoms. The molecule has 0 saturated carbocycles. The van der Waals surface area contributed by atoms with Gasteiger partial charge in [0.15, 0.2) is 0 Å². The zero-order valence-electron chi connectivity index (χ0n) is 16.7. The first-order valence-electron chi connectivity index (χ1n) is 8.97. The van der Waals surface area contributed by atoms with Crippen LogP contribution in [0.5, 0.6) is 11.5 Å². The quantitative estimate of drug-likeness (QED) is 0.526. The van der Waals surface area contributed by atoms with Crippen molar-refractivity contribution >= 4 is 18.0 Å². The van der Waals surface area contributed by atoms with E-state index in [1.807, 2.05) is 0 Å². The van der Waals surface area contributed by atoms with Crippen LogP contribution in [0.4, 0.5) is 4.39 Å². The predicted molar refractivity (Wildman–Crippen MR) is 108 cm³/mol. The normalized spacial score (nSPS) is 11.9. The summed E-state index contributed by atoms with van der Waals surface area (Å²) < 4.78 is 23.4. The van der Waals surface area contributed by atoms with E-state index in [2.05, 4.69) is 15.8 Å². The lowest BCUT2D eigenvalue weighted by Crippen LogP contribution is -2.48. The summed E-state index contributed by atoms with van der Waals surface area (Å²) in [6, 6.07) is 9.44. The van der Waals surface area contributed by atoms with Gasteiger partial charge in [-0.05, 0) is 48.4 Å². The van der Waals surface area contributed by atoms with E-state index in [0.717, 1.165) is 0 Å². The Morgan fingerprint density at radius 2 is 1.76 bits per heavy atom. The summed E-state index contributed by atoms with van der Waals surface area (Å²) in [5.74, 6) is -0.409. The topological polar surface area (TPSA) is 89.0 Å². The van der Waals surface area contributed by atoms with Gasteiger partial charge in [0, 0.05) is 11.1 Å². The number of methoxy groups -OCH3 is 2. The van der Waals surface area contributed by atoms with E-state index < -0.39 is 23.7 Å². The Morgan fingerprint density at radius 1 is 1.07 bits per heavy atom. The molecular formula is C21H24FN3O4. The van der Waals surface area contributed by atoms with Gasteiger partial charge >= 0.3 is 0 Å². The van der Waals surface area contributed by atoms with Crippen LogP contribution in [-0.2, 0) is 4.79 Å². The Balaban J connectivity index is 2.07. The molecule has 0 aliphatic heterocycles. The number of hydrogen-bond acceptors (Lipinski definition) is 5. The van der Waals surface area contributed by atoms with Crippen LogP contribution in [0.25, 0.3) is 0 Å². The summed E-state index contributed by atoms with van der Waals surface area (Å²) in [5, 5.41) is 6.61. The summed E-state index contributed by atoms with van der Waals surface area (Å²) in [5.41, 5.74) is 3.30. The average molecular weight is 401 g/mol. The van der Waals surface area contributed by atoms with Crippen molar-refractivity contribution in [2.45, 2.75) is 19.9 Å². The van der Waals surface area contributed by atoms with E-state index in [1.54, 1.807) is 39.2 Å². The second kappa shape index (κ2) is 10.2. The molecule has 7 nitrogen and oxygen atoms in total. The number of amides is 2. The minimum absolute atomic E-state index is 0.194.